The third-order valence-corrected chi connectivity index (χ3v) is 2.72. The van der Waals surface area contributed by atoms with Gasteiger partial charge in [-0.3, -0.25) is 0 Å². The molecular formula is C14H16N2O3. The van der Waals surface area contributed by atoms with Crippen molar-refractivity contribution in [1.82, 2.24) is 0 Å². The van der Waals surface area contributed by atoms with Crippen molar-refractivity contribution < 1.29 is 13.9 Å². The Morgan fingerprint density at radius 1 is 1.37 bits per heavy atom. The van der Waals surface area contributed by atoms with Gasteiger partial charge in [-0.2, -0.15) is 0 Å². The number of nitrogens with one attached hydrogen (secondary N) is 1. The zero-order chi connectivity index (χ0) is 13.8. The van der Waals surface area contributed by atoms with Crippen molar-refractivity contribution in [2.45, 2.75) is 13.5 Å². The van der Waals surface area contributed by atoms with Gasteiger partial charge in [0.2, 0.25) is 0 Å². The van der Waals surface area contributed by atoms with Crippen LogP contribution in [0.25, 0.3) is 0 Å². The second-order valence-electron chi connectivity index (χ2n) is 4.16. The van der Waals surface area contributed by atoms with Crippen molar-refractivity contribution in [3.05, 3.63) is 47.4 Å². The molecule has 5 heteroatoms. The van der Waals surface area contributed by atoms with Crippen molar-refractivity contribution in [2.24, 2.45) is 0 Å². The van der Waals surface area contributed by atoms with Crippen LogP contribution < -0.4 is 11.1 Å². The second kappa shape index (κ2) is 5.48. The molecule has 0 spiro atoms. The molecule has 2 rings (SSSR count). The average Bonchev–Trinajstić information content (AvgIpc) is 2.82. The third-order valence-electron chi connectivity index (χ3n) is 2.72. The number of hydrogen-bond donors (Lipinski definition) is 2. The summed E-state index contributed by atoms with van der Waals surface area (Å²) in [6, 6.07) is 8.75. The van der Waals surface area contributed by atoms with Crippen molar-refractivity contribution in [3.63, 3.8) is 0 Å². The average molecular weight is 260 g/mol. The molecule has 0 atom stereocenters. The Morgan fingerprint density at radius 3 is 2.79 bits per heavy atom. The monoisotopic (exact) mass is 260 g/mol. The van der Waals surface area contributed by atoms with Gasteiger partial charge in [-0.1, -0.05) is 0 Å². The van der Waals surface area contributed by atoms with E-state index in [0.29, 0.717) is 23.5 Å². The number of furan rings is 1. The molecular weight excluding hydrogens is 244 g/mol. The van der Waals surface area contributed by atoms with Crippen LogP contribution in [0, 0.1) is 6.92 Å². The van der Waals surface area contributed by atoms with Gasteiger partial charge in [-0.15, -0.1) is 0 Å². The zero-order valence-electron chi connectivity index (χ0n) is 10.9. The lowest BCUT2D eigenvalue weighted by Gasteiger charge is -2.09. The summed E-state index contributed by atoms with van der Waals surface area (Å²) >= 11 is 0. The second-order valence-corrected chi connectivity index (χ2v) is 4.16. The van der Waals surface area contributed by atoms with Crippen LogP contribution >= 0.6 is 0 Å². The van der Waals surface area contributed by atoms with E-state index in [2.05, 4.69) is 10.1 Å². The number of nitrogen functional groups attached to an aromatic ring is 1. The van der Waals surface area contributed by atoms with Crippen molar-refractivity contribution in [2.75, 3.05) is 18.2 Å². The van der Waals surface area contributed by atoms with Crippen molar-refractivity contribution in [1.29, 1.82) is 0 Å². The molecule has 0 radical (unpaired) electrons. The molecule has 0 aliphatic carbocycles. The van der Waals surface area contributed by atoms with Gasteiger partial charge in [0.05, 0.1) is 30.6 Å². The number of nitrogens with two attached hydrogens (primary N) is 1. The Balaban J connectivity index is 2.12. The van der Waals surface area contributed by atoms with E-state index in [4.69, 9.17) is 10.2 Å². The van der Waals surface area contributed by atoms with Gasteiger partial charge in [-0.25, -0.2) is 4.79 Å². The lowest BCUT2D eigenvalue weighted by molar-refractivity contribution is 0.0601. The fourth-order valence-corrected chi connectivity index (χ4v) is 1.72. The van der Waals surface area contributed by atoms with Gasteiger partial charge in [-0.05, 0) is 37.3 Å². The summed E-state index contributed by atoms with van der Waals surface area (Å²) in [5.74, 6) is 1.27. The molecule has 2 aromatic rings. The normalized spacial score (nSPS) is 10.2. The molecule has 0 aliphatic heterocycles. The number of aryl methyl sites for hydroxylation is 1. The van der Waals surface area contributed by atoms with Crippen LogP contribution in [0.5, 0.6) is 0 Å². The fourth-order valence-electron chi connectivity index (χ4n) is 1.72. The maximum atomic E-state index is 11.4. The van der Waals surface area contributed by atoms with Crippen LogP contribution in [0.1, 0.15) is 21.9 Å². The first-order valence-electron chi connectivity index (χ1n) is 5.87. The molecule has 0 amide bonds. The SMILES string of the molecule is COC(=O)c1ccc(N)c(NCc2ccc(C)o2)c1. The number of carbonyl (C=O) groups is 1. The molecule has 5 nitrogen and oxygen atoms in total. The lowest BCUT2D eigenvalue weighted by atomic mass is 10.1. The number of carbonyl (C=O) groups excluding carboxylic acids is 1. The molecule has 0 saturated heterocycles. The standard InChI is InChI=1S/C14H16N2O3/c1-9-3-5-11(19-9)8-16-13-7-10(14(17)18-2)4-6-12(13)15/h3-7,16H,8,15H2,1-2H3. The molecule has 3 N–H and O–H groups in total. The first-order valence-corrected chi connectivity index (χ1v) is 5.87. The first-order chi connectivity index (χ1) is 9.10. The highest BCUT2D eigenvalue weighted by Gasteiger charge is 2.08. The van der Waals surface area contributed by atoms with Crippen molar-refractivity contribution >= 4 is 17.3 Å². The van der Waals surface area contributed by atoms with Gasteiger partial charge in [0, 0.05) is 0 Å². The summed E-state index contributed by atoms with van der Waals surface area (Å²) in [5, 5.41) is 3.14. The van der Waals surface area contributed by atoms with E-state index in [0.717, 1.165) is 11.5 Å². The fraction of sp³-hybridized carbons (Fsp3) is 0.214. The van der Waals surface area contributed by atoms with Crippen LogP contribution in [0.2, 0.25) is 0 Å². The van der Waals surface area contributed by atoms with E-state index in [-0.39, 0.29) is 0 Å². The minimum atomic E-state index is -0.392. The number of benzene rings is 1. The minimum absolute atomic E-state index is 0.392. The predicted molar refractivity (Wildman–Crippen MR) is 73.0 cm³/mol. The van der Waals surface area contributed by atoms with Crippen LogP contribution in [0.4, 0.5) is 11.4 Å². The topological polar surface area (TPSA) is 77.5 Å². The summed E-state index contributed by atoms with van der Waals surface area (Å²) in [7, 11) is 1.34. The Morgan fingerprint density at radius 2 is 2.16 bits per heavy atom. The number of methoxy groups -OCH3 is 1. The quantitative estimate of drug-likeness (QED) is 0.652. The number of rotatable bonds is 4. The van der Waals surface area contributed by atoms with E-state index in [9.17, 15) is 4.79 Å². The Labute approximate surface area is 111 Å². The van der Waals surface area contributed by atoms with Crippen molar-refractivity contribution in [3.8, 4) is 0 Å². The van der Waals surface area contributed by atoms with Gasteiger partial charge >= 0.3 is 5.97 Å². The maximum Gasteiger partial charge on any atom is 0.337 e. The maximum absolute atomic E-state index is 11.4. The number of esters is 1. The van der Waals surface area contributed by atoms with Crippen LogP contribution in [0.15, 0.2) is 34.7 Å². The number of ether oxygens (including phenoxy) is 1. The molecule has 0 fully saturated rings. The summed E-state index contributed by atoms with van der Waals surface area (Å²) < 4.78 is 10.1. The van der Waals surface area contributed by atoms with Crippen LogP contribution in [-0.4, -0.2) is 13.1 Å². The largest absolute Gasteiger partial charge is 0.465 e. The molecule has 1 aromatic heterocycles. The van der Waals surface area contributed by atoms with E-state index in [1.807, 2.05) is 19.1 Å². The summed E-state index contributed by atoms with van der Waals surface area (Å²) in [5.41, 5.74) is 7.55. The highest BCUT2D eigenvalue weighted by atomic mass is 16.5. The van der Waals surface area contributed by atoms with Gasteiger partial charge in [0.25, 0.3) is 0 Å². The molecule has 1 heterocycles. The Bertz CT molecular complexity index is 590. The molecule has 100 valence electrons. The highest BCUT2D eigenvalue weighted by molar-refractivity contribution is 5.91. The number of hydrogen-bond acceptors (Lipinski definition) is 5. The summed E-state index contributed by atoms with van der Waals surface area (Å²) in [6.45, 7) is 2.39. The Kier molecular flexibility index (Phi) is 3.75. The third kappa shape index (κ3) is 3.07. The van der Waals surface area contributed by atoms with Gasteiger partial charge < -0.3 is 20.2 Å². The van der Waals surface area contributed by atoms with Crippen LogP contribution in [-0.2, 0) is 11.3 Å². The number of anilines is 2. The molecule has 0 unspecified atom stereocenters. The van der Waals surface area contributed by atoms with Crippen LogP contribution in [0.3, 0.4) is 0 Å². The molecule has 0 aliphatic rings. The van der Waals surface area contributed by atoms with E-state index in [1.165, 1.54) is 7.11 Å². The molecule has 1 aromatic carbocycles. The highest BCUT2D eigenvalue weighted by Crippen LogP contribution is 2.21. The van der Waals surface area contributed by atoms with E-state index >= 15 is 0 Å². The molecule has 0 bridgehead atoms. The smallest absolute Gasteiger partial charge is 0.337 e. The Hall–Kier alpha value is -2.43. The predicted octanol–water partition coefficient (Wildman–Crippen LogP) is 2.57. The molecule has 19 heavy (non-hydrogen) atoms. The summed E-state index contributed by atoms with van der Waals surface area (Å²) in [4.78, 5) is 11.4. The first kappa shape index (κ1) is 13.0. The zero-order valence-corrected chi connectivity index (χ0v) is 10.9. The van der Waals surface area contributed by atoms with Gasteiger partial charge in [0.15, 0.2) is 0 Å². The van der Waals surface area contributed by atoms with E-state index < -0.39 is 5.97 Å². The minimum Gasteiger partial charge on any atom is -0.465 e. The summed E-state index contributed by atoms with van der Waals surface area (Å²) in [6.07, 6.45) is 0. The van der Waals surface area contributed by atoms with E-state index in [1.54, 1.807) is 18.2 Å². The lowest BCUT2D eigenvalue weighted by Crippen LogP contribution is -2.06. The molecule has 0 saturated carbocycles. The van der Waals surface area contributed by atoms with Gasteiger partial charge in [0.1, 0.15) is 11.5 Å².